The summed E-state index contributed by atoms with van der Waals surface area (Å²) in [7, 11) is 0. The summed E-state index contributed by atoms with van der Waals surface area (Å²) in [4.78, 5) is 0. The topological polar surface area (TPSA) is 9.23 Å². The highest BCUT2D eigenvalue weighted by Gasteiger charge is 2.29. The van der Waals surface area contributed by atoms with E-state index in [-0.39, 0.29) is 5.41 Å². The number of rotatable bonds is 2. The fourth-order valence-corrected chi connectivity index (χ4v) is 2.01. The van der Waals surface area contributed by atoms with Crippen LogP contribution in [0.15, 0.2) is 23.5 Å². The van der Waals surface area contributed by atoms with E-state index < -0.39 is 0 Å². The molecule has 16 heavy (non-hydrogen) atoms. The molecule has 1 aliphatic rings. The normalized spacial score (nSPS) is 18.4. The molecule has 0 atom stereocenters. The average molecular weight is 224 g/mol. The molecule has 0 aromatic carbocycles. The summed E-state index contributed by atoms with van der Waals surface area (Å²) >= 11 is 0. The van der Waals surface area contributed by atoms with Crippen molar-refractivity contribution < 1.29 is 4.74 Å². The first-order valence-corrected chi connectivity index (χ1v) is 6.36. The van der Waals surface area contributed by atoms with Gasteiger partial charge in [-0.25, -0.2) is 0 Å². The van der Waals surface area contributed by atoms with E-state index in [2.05, 4.69) is 41.2 Å². The molecule has 0 bridgehead atoms. The highest BCUT2D eigenvalue weighted by atomic mass is 16.5. The van der Waals surface area contributed by atoms with E-state index in [9.17, 15) is 0 Å². The summed E-state index contributed by atoms with van der Waals surface area (Å²) in [5.74, 6) is 1.05. The third-order valence-corrected chi connectivity index (χ3v) is 3.00. The largest absolute Gasteiger partial charge is 0.498 e. The zero-order valence-corrected chi connectivity index (χ0v) is 11.9. The smallest absolute Gasteiger partial charge is 0.0968 e. The average Bonchev–Trinajstić information content (AvgIpc) is 2.16. The van der Waals surface area contributed by atoms with Gasteiger partial charge in [-0.3, -0.25) is 0 Å². The van der Waals surface area contributed by atoms with Gasteiger partial charge in [-0.2, -0.15) is 0 Å². The molecule has 0 aromatic heterocycles. The third-order valence-electron chi connectivity index (χ3n) is 3.00. The van der Waals surface area contributed by atoms with Gasteiger partial charge in [-0.05, 0) is 31.3 Å². The van der Waals surface area contributed by atoms with Gasteiger partial charge in [0.1, 0.15) is 0 Å². The minimum absolute atomic E-state index is 0.244. The van der Waals surface area contributed by atoms with Crippen LogP contribution in [0, 0.1) is 5.41 Å². The van der Waals surface area contributed by atoms with Gasteiger partial charge in [0.05, 0.1) is 12.4 Å². The van der Waals surface area contributed by atoms with Crippen LogP contribution in [-0.4, -0.2) is 6.61 Å². The molecule has 94 valence electrons. The maximum absolute atomic E-state index is 5.51. The molecule has 0 aromatic rings. The second-order valence-electron chi connectivity index (χ2n) is 5.19. The first-order chi connectivity index (χ1) is 7.36. The molecule has 0 spiro atoms. The highest BCUT2D eigenvalue weighted by Crippen LogP contribution is 2.39. The van der Waals surface area contributed by atoms with Crippen molar-refractivity contribution in [2.45, 2.75) is 60.8 Å². The Morgan fingerprint density at radius 1 is 1.31 bits per heavy atom. The minimum atomic E-state index is 0.244. The second-order valence-corrected chi connectivity index (χ2v) is 5.19. The summed E-state index contributed by atoms with van der Waals surface area (Å²) in [6, 6.07) is 0. The quantitative estimate of drug-likeness (QED) is 0.635. The molecule has 0 saturated carbocycles. The van der Waals surface area contributed by atoms with Gasteiger partial charge < -0.3 is 4.74 Å². The molecule has 1 aliphatic heterocycles. The van der Waals surface area contributed by atoms with E-state index in [0.717, 1.165) is 24.4 Å². The predicted octanol–water partition coefficient (Wildman–Crippen LogP) is 5.09. The summed E-state index contributed by atoms with van der Waals surface area (Å²) in [6.07, 6.45) is 3.73. The maximum atomic E-state index is 5.51. The van der Waals surface area contributed by atoms with Crippen LogP contribution in [0.25, 0.3) is 0 Å². The van der Waals surface area contributed by atoms with Crippen LogP contribution < -0.4 is 0 Å². The molecule has 0 fully saturated rings. The highest BCUT2D eigenvalue weighted by molar-refractivity contribution is 5.35. The maximum Gasteiger partial charge on any atom is 0.0968 e. The molecule has 1 heteroatoms. The Bertz CT molecular complexity index is 257. The molecular weight excluding hydrogens is 196 g/mol. The zero-order valence-electron chi connectivity index (χ0n) is 11.9. The van der Waals surface area contributed by atoms with Crippen LogP contribution in [0.5, 0.6) is 0 Å². The molecule has 0 amide bonds. The van der Waals surface area contributed by atoms with E-state index >= 15 is 0 Å². The number of hydrogen-bond donors (Lipinski definition) is 0. The van der Waals surface area contributed by atoms with Crippen molar-refractivity contribution in [1.29, 1.82) is 0 Å². The van der Waals surface area contributed by atoms with Crippen LogP contribution in [-0.2, 0) is 4.74 Å². The molecule has 0 aliphatic carbocycles. The molecule has 1 heterocycles. The van der Waals surface area contributed by atoms with Crippen molar-refractivity contribution in [3.8, 4) is 0 Å². The standard InChI is InChI=1S/C11H18O.C4H10/c1-8(2)10-9(3)12-7-6-11(10,4)5;1-3-4-2/h1,6-7H2,2-5H3;3-4H2,1-2H3. The van der Waals surface area contributed by atoms with Crippen LogP contribution in [0.3, 0.4) is 0 Å². The lowest BCUT2D eigenvalue weighted by atomic mass is 9.76. The van der Waals surface area contributed by atoms with Gasteiger partial charge in [-0.15, -0.1) is 0 Å². The Hall–Kier alpha value is -0.720. The SMILES string of the molecule is C=C(C)C1=C(C)OCCC1(C)C.CCCC. The molecule has 0 unspecified atom stereocenters. The molecule has 0 N–H and O–H groups in total. The Balaban J connectivity index is 0.000000487. The van der Waals surface area contributed by atoms with E-state index in [1.54, 1.807) is 0 Å². The Kier molecular flexibility index (Phi) is 6.47. The lowest BCUT2D eigenvalue weighted by molar-refractivity contribution is 0.141. The van der Waals surface area contributed by atoms with Gasteiger partial charge in [0.2, 0.25) is 0 Å². The third kappa shape index (κ3) is 4.42. The Morgan fingerprint density at radius 3 is 2.06 bits per heavy atom. The van der Waals surface area contributed by atoms with Crippen LogP contribution in [0.4, 0.5) is 0 Å². The minimum Gasteiger partial charge on any atom is -0.498 e. The van der Waals surface area contributed by atoms with Crippen molar-refractivity contribution in [3.05, 3.63) is 23.5 Å². The van der Waals surface area contributed by atoms with Gasteiger partial charge >= 0.3 is 0 Å². The number of ether oxygens (including phenoxy) is 1. The lowest BCUT2D eigenvalue weighted by Gasteiger charge is -2.34. The number of unbranched alkanes of at least 4 members (excludes halogenated alkanes) is 1. The zero-order chi connectivity index (χ0) is 12.8. The van der Waals surface area contributed by atoms with Gasteiger partial charge in [0, 0.05) is 0 Å². The lowest BCUT2D eigenvalue weighted by Crippen LogP contribution is -2.24. The van der Waals surface area contributed by atoms with Gasteiger partial charge in [0.25, 0.3) is 0 Å². The van der Waals surface area contributed by atoms with Crippen molar-refractivity contribution in [2.24, 2.45) is 5.41 Å². The summed E-state index contributed by atoms with van der Waals surface area (Å²) in [5, 5.41) is 0. The van der Waals surface area contributed by atoms with Crippen molar-refractivity contribution in [2.75, 3.05) is 6.61 Å². The van der Waals surface area contributed by atoms with Crippen LogP contribution >= 0.6 is 0 Å². The van der Waals surface area contributed by atoms with Crippen molar-refractivity contribution in [1.82, 2.24) is 0 Å². The van der Waals surface area contributed by atoms with E-state index in [1.165, 1.54) is 18.4 Å². The van der Waals surface area contributed by atoms with Crippen LogP contribution in [0.2, 0.25) is 0 Å². The van der Waals surface area contributed by atoms with E-state index in [1.807, 2.05) is 6.92 Å². The molecule has 0 radical (unpaired) electrons. The second kappa shape index (κ2) is 6.78. The van der Waals surface area contributed by atoms with E-state index in [4.69, 9.17) is 4.74 Å². The first kappa shape index (κ1) is 15.3. The van der Waals surface area contributed by atoms with Crippen molar-refractivity contribution in [3.63, 3.8) is 0 Å². The first-order valence-electron chi connectivity index (χ1n) is 6.36. The summed E-state index contributed by atoms with van der Waals surface area (Å²) in [6.45, 7) is 17.8. The molecular formula is C15H28O. The van der Waals surface area contributed by atoms with Gasteiger partial charge in [0.15, 0.2) is 0 Å². The molecule has 1 nitrogen and oxygen atoms in total. The predicted molar refractivity (Wildman–Crippen MR) is 72.4 cm³/mol. The molecule has 1 rings (SSSR count). The monoisotopic (exact) mass is 224 g/mol. The fraction of sp³-hybridized carbons (Fsp3) is 0.733. The Morgan fingerprint density at radius 2 is 1.81 bits per heavy atom. The van der Waals surface area contributed by atoms with E-state index in [0.29, 0.717) is 0 Å². The van der Waals surface area contributed by atoms with Crippen molar-refractivity contribution >= 4 is 0 Å². The summed E-state index contributed by atoms with van der Waals surface area (Å²) < 4.78 is 5.51. The number of allylic oxidation sites excluding steroid dienone is 3. The van der Waals surface area contributed by atoms with Crippen LogP contribution in [0.1, 0.15) is 60.8 Å². The molecule has 0 saturated heterocycles. The fourth-order valence-electron chi connectivity index (χ4n) is 2.01. The van der Waals surface area contributed by atoms with Gasteiger partial charge in [-0.1, -0.05) is 52.7 Å². The number of hydrogen-bond acceptors (Lipinski definition) is 1. The Labute approximate surface area is 102 Å². The summed E-state index contributed by atoms with van der Waals surface area (Å²) in [5.41, 5.74) is 2.68.